The summed E-state index contributed by atoms with van der Waals surface area (Å²) in [4.78, 5) is 2.38. The van der Waals surface area contributed by atoms with Crippen LogP contribution in [0.2, 0.25) is 0 Å². The van der Waals surface area contributed by atoms with Crippen LogP contribution in [0.15, 0.2) is 0 Å². The minimum atomic E-state index is -0.0790. The highest BCUT2D eigenvalue weighted by Gasteiger charge is 2.17. The Labute approximate surface area is 87.0 Å². The lowest BCUT2D eigenvalue weighted by molar-refractivity contribution is 0.138. The normalized spacial score (nSPS) is 20.5. The summed E-state index contributed by atoms with van der Waals surface area (Å²) in [5.74, 6) is 0. The Morgan fingerprint density at radius 3 is 2.62 bits per heavy atom. The summed E-state index contributed by atoms with van der Waals surface area (Å²) in [6.07, 6.45) is 1.14. The second kappa shape index (κ2) is 5.81. The SMILES string of the molecule is CC(C)(N)CN1CCCOCC1.Cl. The summed E-state index contributed by atoms with van der Waals surface area (Å²) in [7, 11) is 0. The molecule has 0 amide bonds. The van der Waals surface area contributed by atoms with Gasteiger partial charge in [-0.1, -0.05) is 0 Å². The zero-order valence-corrected chi connectivity index (χ0v) is 9.40. The molecule has 0 aromatic heterocycles. The number of hydrogen-bond donors (Lipinski definition) is 1. The molecule has 0 bridgehead atoms. The first-order valence-electron chi connectivity index (χ1n) is 4.67. The van der Waals surface area contributed by atoms with E-state index in [1.165, 1.54) is 0 Å². The van der Waals surface area contributed by atoms with Crippen LogP contribution < -0.4 is 5.73 Å². The highest BCUT2D eigenvalue weighted by molar-refractivity contribution is 5.85. The maximum absolute atomic E-state index is 5.93. The average molecular weight is 209 g/mol. The third-order valence-electron chi connectivity index (χ3n) is 1.95. The van der Waals surface area contributed by atoms with Crippen LogP contribution in [0.4, 0.5) is 0 Å². The van der Waals surface area contributed by atoms with Gasteiger partial charge in [-0.05, 0) is 20.3 Å². The van der Waals surface area contributed by atoms with Crippen molar-refractivity contribution < 1.29 is 4.74 Å². The van der Waals surface area contributed by atoms with Gasteiger partial charge in [-0.25, -0.2) is 0 Å². The maximum Gasteiger partial charge on any atom is 0.0593 e. The molecule has 1 aliphatic heterocycles. The number of nitrogens with two attached hydrogens (primary N) is 1. The van der Waals surface area contributed by atoms with Gasteiger partial charge < -0.3 is 10.5 Å². The number of nitrogens with zero attached hydrogens (tertiary/aromatic N) is 1. The van der Waals surface area contributed by atoms with Gasteiger partial charge in [0, 0.05) is 31.8 Å². The molecule has 1 heterocycles. The van der Waals surface area contributed by atoms with E-state index in [4.69, 9.17) is 10.5 Å². The molecule has 13 heavy (non-hydrogen) atoms. The Bertz CT molecular complexity index is 128. The van der Waals surface area contributed by atoms with E-state index < -0.39 is 0 Å². The molecule has 80 valence electrons. The lowest BCUT2D eigenvalue weighted by Gasteiger charge is -2.28. The van der Waals surface area contributed by atoms with Crippen molar-refractivity contribution in [3.8, 4) is 0 Å². The van der Waals surface area contributed by atoms with Gasteiger partial charge >= 0.3 is 0 Å². The molecule has 0 spiro atoms. The van der Waals surface area contributed by atoms with Crippen LogP contribution in [-0.4, -0.2) is 43.3 Å². The summed E-state index contributed by atoms with van der Waals surface area (Å²) in [6.45, 7) is 9.02. The smallest absolute Gasteiger partial charge is 0.0593 e. The third-order valence-corrected chi connectivity index (χ3v) is 1.95. The standard InChI is InChI=1S/C9H20N2O.ClH/c1-9(2,10)8-11-4-3-6-12-7-5-11;/h3-8,10H2,1-2H3;1H. The van der Waals surface area contributed by atoms with Gasteiger partial charge in [0.25, 0.3) is 0 Å². The summed E-state index contributed by atoms with van der Waals surface area (Å²) in [6, 6.07) is 0. The van der Waals surface area contributed by atoms with Crippen molar-refractivity contribution in [1.82, 2.24) is 4.90 Å². The van der Waals surface area contributed by atoms with Gasteiger partial charge in [0.15, 0.2) is 0 Å². The number of halogens is 1. The minimum absolute atomic E-state index is 0. The molecular formula is C9H21ClN2O. The van der Waals surface area contributed by atoms with Crippen LogP contribution in [-0.2, 0) is 4.74 Å². The molecule has 0 aromatic carbocycles. The monoisotopic (exact) mass is 208 g/mol. The van der Waals surface area contributed by atoms with Crippen molar-refractivity contribution in [2.75, 3.05) is 32.8 Å². The molecule has 0 atom stereocenters. The van der Waals surface area contributed by atoms with Crippen LogP contribution in [0, 0.1) is 0 Å². The van der Waals surface area contributed by atoms with E-state index in [1.807, 2.05) is 0 Å². The Balaban J connectivity index is 0.00000144. The molecule has 0 radical (unpaired) electrons. The second-order valence-electron chi connectivity index (χ2n) is 4.23. The molecule has 1 rings (SSSR count). The lowest BCUT2D eigenvalue weighted by atomic mass is 10.1. The summed E-state index contributed by atoms with van der Waals surface area (Å²) in [5, 5.41) is 0. The topological polar surface area (TPSA) is 38.5 Å². The molecule has 4 heteroatoms. The third kappa shape index (κ3) is 6.27. The quantitative estimate of drug-likeness (QED) is 0.732. The molecule has 3 nitrogen and oxygen atoms in total. The zero-order valence-electron chi connectivity index (χ0n) is 8.58. The van der Waals surface area contributed by atoms with E-state index in [0.29, 0.717) is 0 Å². The van der Waals surface area contributed by atoms with Crippen molar-refractivity contribution >= 4 is 12.4 Å². The van der Waals surface area contributed by atoms with Gasteiger partial charge in [-0.15, -0.1) is 12.4 Å². The van der Waals surface area contributed by atoms with E-state index in [1.54, 1.807) is 0 Å². The largest absolute Gasteiger partial charge is 0.380 e. The van der Waals surface area contributed by atoms with Crippen LogP contribution >= 0.6 is 12.4 Å². The predicted molar refractivity (Wildman–Crippen MR) is 57.4 cm³/mol. The van der Waals surface area contributed by atoms with Crippen molar-refractivity contribution in [2.45, 2.75) is 25.8 Å². The maximum atomic E-state index is 5.93. The van der Waals surface area contributed by atoms with Crippen molar-refractivity contribution in [3.05, 3.63) is 0 Å². The fourth-order valence-electron chi connectivity index (χ4n) is 1.53. The molecular weight excluding hydrogens is 188 g/mol. The highest BCUT2D eigenvalue weighted by atomic mass is 35.5. The van der Waals surface area contributed by atoms with E-state index in [2.05, 4.69) is 18.7 Å². The van der Waals surface area contributed by atoms with Crippen molar-refractivity contribution in [2.24, 2.45) is 5.73 Å². The Morgan fingerprint density at radius 2 is 2.00 bits per heavy atom. The van der Waals surface area contributed by atoms with Crippen LogP contribution in [0.3, 0.4) is 0 Å². The number of hydrogen-bond acceptors (Lipinski definition) is 3. The van der Waals surface area contributed by atoms with E-state index >= 15 is 0 Å². The van der Waals surface area contributed by atoms with Gasteiger partial charge in [0.2, 0.25) is 0 Å². The second-order valence-corrected chi connectivity index (χ2v) is 4.23. The van der Waals surface area contributed by atoms with Gasteiger partial charge in [-0.2, -0.15) is 0 Å². The number of rotatable bonds is 2. The highest BCUT2D eigenvalue weighted by Crippen LogP contribution is 2.04. The molecule has 0 unspecified atom stereocenters. The fourth-order valence-corrected chi connectivity index (χ4v) is 1.53. The summed E-state index contributed by atoms with van der Waals surface area (Å²) in [5.41, 5.74) is 5.86. The molecule has 1 saturated heterocycles. The molecule has 0 saturated carbocycles. The molecule has 1 aliphatic rings. The van der Waals surface area contributed by atoms with Gasteiger partial charge in [0.1, 0.15) is 0 Å². The molecule has 1 fully saturated rings. The molecule has 0 aliphatic carbocycles. The average Bonchev–Trinajstić information content (AvgIpc) is 2.12. The Morgan fingerprint density at radius 1 is 1.31 bits per heavy atom. The molecule has 0 aromatic rings. The van der Waals surface area contributed by atoms with Crippen LogP contribution in [0.5, 0.6) is 0 Å². The molecule has 2 N–H and O–H groups in total. The number of ether oxygens (including phenoxy) is 1. The van der Waals surface area contributed by atoms with E-state index in [0.717, 1.165) is 39.3 Å². The van der Waals surface area contributed by atoms with E-state index in [9.17, 15) is 0 Å². The first-order chi connectivity index (χ1) is 5.58. The van der Waals surface area contributed by atoms with E-state index in [-0.39, 0.29) is 17.9 Å². The predicted octanol–water partition coefficient (Wildman–Crippen LogP) is 0.868. The zero-order chi connectivity index (χ0) is 9.03. The van der Waals surface area contributed by atoms with Crippen LogP contribution in [0.1, 0.15) is 20.3 Å². The Hall–Kier alpha value is 0.170. The van der Waals surface area contributed by atoms with Gasteiger partial charge in [-0.3, -0.25) is 4.90 Å². The van der Waals surface area contributed by atoms with Crippen molar-refractivity contribution in [1.29, 1.82) is 0 Å². The van der Waals surface area contributed by atoms with Crippen molar-refractivity contribution in [3.63, 3.8) is 0 Å². The first-order valence-corrected chi connectivity index (χ1v) is 4.67. The lowest BCUT2D eigenvalue weighted by Crippen LogP contribution is -2.46. The fraction of sp³-hybridized carbons (Fsp3) is 1.00. The first kappa shape index (κ1) is 13.2. The van der Waals surface area contributed by atoms with Crippen LogP contribution in [0.25, 0.3) is 0 Å². The van der Waals surface area contributed by atoms with Gasteiger partial charge in [0.05, 0.1) is 6.61 Å². The summed E-state index contributed by atoms with van der Waals surface area (Å²) >= 11 is 0. The Kier molecular flexibility index (Phi) is 5.88. The minimum Gasteiger partial charge on any atom is -0.380 e. The summed E-state index contributed by atoms with van der Waals surface area (Å²) < 4.78 is 5.36.